The lowest BCUT2D eigenvalue weighted by Gasteiger charge is -2.20. The van der Waals surface area contributed by atoms with Crippen LogP contribution in [0.3, 0.4) is 0 Å². The molecule has 0 unspecified atom stereocenters. The Kier molecular flexibility index (Phi) is 5.10. The van der Waals surface area contributed by atoms with Gasteiger partial charge in [-0.25, -0.2) is 4.98 Å². The van der Waals surface area contributed by atoms with Gasteiger partial charge in [0.2, 0.25) is 11.9 Å². The summed E-state index contributed by atoms with van der Waals surface area (Å²) in [5.74, 6) is 1.62. The monoisotopic (exact) mass is 381 g/mol. The first-order valence-electron chi connectivity index (χ1n) is 9.60. The molecule has 3 aromatic heterocycles. The van der Waals surface area contributed by atoms with Crippen molar-refractivity contribution in [3.05, 3.63) is 46.6 Å². The minimum absolute atomic E-state index is 0.0611. The second-order valence-corrected chi connectivity index (χ2v) is 7.27. The van der Waals surface area contributed by atoms with Crippen molar-refractivity contribution in [2.75, 3.05) is 5.32 Å². The van der Waals surface area contributed by atoms with Gasteiger partial charge in [0.05, 0.1) is 6.26 Å². The summed E-state index contributed by atoms with van der Waals surface area (Å²) in [6, 6.07) is 6.68. The third kappa shape index (κ3) is 4.05. The minimum Gasteiger partial charge on any atom is -0.463 e. The smallest absolute Gasteiger partial charge is 0.252 e. The zero-order valence-corrected chi connectivity index (χ0v) is 15.8. The van der Waals surface area contributed by atoms with Crippen LogP contribution in [0.1, 0.15) is 44.2 Å². The van der Waals surface area contributed by atoms with E-state index < -0.39 is 0 Å². The number of rotatable bonds is 5. The van der Waals surface area contributed by atoms with Crippen molar-refractivity contribution in [2.24, 2.45) is 5.92 Å². The standard InChI is InChI=1S/C20H23N5O3/c1-13-10-18(26)23-20(21-13)25-17(12-15(24-25)16-8-5-9-28-16)22-19(27)11-14-6-3-2-4-7-14/h5,8-10,12,14H,2-4,6-7,11H2,1H3,(H,22,27)(H,21,23,26). The second-order valence-electron chi connectivity index (χ2n) is 7.27. The van der Waals surface area contributed by atoms with Gasteiger partial charge in [-0.15, -0.1) is 0 Å². The summed E-state index contributed by atoms with van der Waals surface area (Å²) >= 11 is 0. The minimum atomic E-state index is -0.281. The molecule has 28 heavy (non-hydrogen) atoms. The number of anilines is 1. The van der Waals surface area contributed by atoms with Gasteiger partial charge in [-0.3, -0.25) is 14.6 Å². The number of carbonyl (C=O) groups excluding carboxylic acids is 1. The fourth-order valence-corrected chi connectivity index (χ4v) is 3.69. The van der Waals surface area contributed by atoms with E-state index in [0.29, 0.717) is 35.3 Å². The number of H-pyrrole nitrogens is 1. The maximum atomic E-state index is 12.6. The fraction of sp³-hybridized carbons (Fsp3) is 0.400. The Morgan fingerprint density at radius 1 is 1.32 bits per heavy atom. The van der Waals surface area contributed by atoms with Crippen LogP contribution in [0.25, 0.3) is 17.4 Å². The van der Waals surface area contributed by atoms with Crippen LogP contribution in [0, 0.1) is 12.8 Å². The van der Waals surface area contributed by atoms with Crippen molar-refractivity contribution in [2.45, 2.75) is 45.4 Å². The zero-order chi connectivity index (χ0) is 19.5. The highest BCUT2D eigenvalue weighted by molar-refractivity contribution is 5.90. The Hall–Kier alpha value is -3.16. The van der Waals surface area contributed by atoms with Crippen molar-refractivity contribution in [1.29, 1.82) is 0 Å². The van der Waals surface area contributed by atoms with Gasteiger partial charge in [-0.05, 0) is 37.8 Å². The molecule has 0 atom stereocenters. The largest absolute Gasteiger partial charge is 0.463 e. The molecule has 8 heteroatoms. The number of carbonyl (C=O) groups is 1. The van der Waals surface area contributed by atoms with Crippen LogP contribution >= 0.6 is 0 Å². The lowest BCUT2D eigenvalue weighted by molar-refractivity contribution is -0.117. The summed E-state index contributed by atoms with van der Waals surface area (Å²) in [6.07, 6.45) is 7.86. The van der Waals surface area contributed by atoms with Crippen molar-refractivity contribution < 1.29 is 9.21 Å². The van der Waals surface area contributed by atoms with Crippen molar-refractivity contribution in [1.82, 2.24) is 19.7 Å². The number of hydrogen-bond acceptors (Lipinski definition) is 5. The average molecular weight is 381 g/mol. The molecule has 0 aliphatic heterocycles. The number of furan rings is 1. The normalized spacial score (nSPS) is 14.9. The summed E-state index contributed by atoms with van der Waals surface area (Å²) in [5.41, 5.74) is 0.826. The molecule has 1 saturated carbocycles. The van der Waals surface area contributed by atoms with Gasteiger partial charge in [0.25, 0.3) is 5.56 Å². The summed E-state index contributed by atoms with van der Waals surface area (Å²) in [5, 5.41) is 7.42. The van der Waals surface area contributed by atoms with Crippen molar-refractivity contribution >= 4 is 11.7 Å². The van der Waals surface area contributed by atoms with Gasteiger partial charge in [-0.2, -0.15) is 9.78 Å². The molecule has 1 aliphatic rings. The Labute approximate surface area is 162 Å². The number of nitrogens with zero attached hydrogens (tertiary/aromatic N) is 3. The molecule has 0 aromatic carbocycles. The number of nitrogens with one attached hydrogen (secondary N) is 2. The van der Waals surface area contributed by atoms with E-state index in [1.165, 1.54) is 30.0 Å². The SMILES string of the molecule is Cc1cc(=O)[nH]c(-n2nc(-c3ccco3)cc2NC(=O)CC2CCCCC2)n1. The molecule has 0 bridgehead atoms. The molecule has 146 valence electrons. The molecule has 3 heterocycles. The zero-order valence-electron chi connectivity index (χ0n) is 15.8. The van der Waals surface area contributed by atoms with E-state index in [-0.39, 0.29) is 17.4 Å². The highest BCUT2D eigenvalue weighted by Crippen LogP contribution is 2.28. The fourth-order valence-electron chi connectivity index (χ4n) is 3.69. The molecule has 2 N–H and O–H groups in total. The third-order valence-corrected chi connectivity index (χ3v) is 5.01. The van der Waals surface area contributed by atoms with Crippen LogP contribution in [0.4, 0.5) is 5.82 Å². The number of aromatic amines is 1. The van der Waals surface area contributed by atoms with E-state index in [1.54, 1.807) is 31.4 Å². The molecule has 0 saturated heterocycles. The molecule has 1 aliphatic carbocycles. The van der Waals surface area contributed by atoms with Crippen LogP contribution < -0.4 is 10.9 Å². The molecular weight excluding hydrogens is 358 g/mol. The van der Waals surface area contributed by atoms with Crippen LogP contribution in [-0.4, -0.2) is 25.7 Å². The second kappa shape index (κ2) is 7.84. The lowest BCUT2D eigenvalue weighted by Crippen LogP contribution is -2.21. The third-order valence-electron chi connectivity index (χ3n) is 5.01. The quantitative estimate of drug-likeness (QED) is 0.704. The van der Waals surface area contributed by atoms with Crippen molar-refractivity contribution in [3.63, 3.8) is 0 Å². The summed E-state index contributed by atoms with van der Waals surface area (Å²) in [7, 11) is 0. The van der Waals surface area contributed by atoms with Gasteiger partial charge in [0.15, 0.2) is 5.76 Å². The first kappa shape index (κ1) is 18.2. The van der Waals surface area contributed by atoms with Gasteiger partial charge < -0.3 is 9.73 Å². The molecular formula is C20H23N5O3. The number of amides is 1. The number of hydrogen-bond donors (Lipinski definition) is 2. The predicted molar refractivity (Wildman–Crippen MR) is 104 cm³/mol. The van der Waals surface area contributed by atoms with Crippen LogP contribution in [-0.2, 0) is 4.79 Å². The maximum Gasteiger partial charge on any atom is 0.252 e. The van der Waals surface area contributed by atoms with E-state index >= 15 is 0 Å². The molecule has 4 rings (SSSR count). The van der Waals surface area contributed by atoms with Crippen LogP contribution in [0.5, 0.6) is 0 Å². The number of aromatic nitrogens is 4. The molecule has 1 fully saturated rings. The van der Waals surface area contributed by atoms with Gasteiger partial charge in [0.1, 0.15) is 11.5 Å². The first-order chi connectivity index (χ1) is 13.6. The van der Waals surface area contributed by atoms with Gasteiger partial charge in [-0.1, -0.05) is 19.3 Å². The first-order valence-corrected chi connectivity index (χ1v) is 9.60. The van der Waals surface area contributed by atoms with Gasteiger partial charge >= 0.3 is 0 Å². The molecule has 0 radical (unpaired) electrons. The molecule has 0 spiro atoms. The van der Waals surface area contributed by atoms with E-state index in [1.807, 2.05) is 0 Å². The number of aryl methyl sites for hydroxylation is 1. The summed E-state index contributed by atoms with van der Waals surface area (Å²) < 4.78 is 6.85. The van der Waals surface area contributed by atoms with Crippen LogP contribution in [0.2, 0.25) is 0 Å². The highest BCUT2D eigenvalue weighted by Gasteiger charge is 2.20. The molecule has 8 nitrogen and oxygen atoms in total. The van der Waals surface area contributed by atoms with E-state index in [2.05, 4.69) is 20.4 Å². The predicted octanol–water partition coefficient (Wildman–Crippen LogP) is 3.43. The summed E-state index contributed by atoms with van der Waals surface area (Å²) in [4.78, 5) is 31.5. The van der Waals surface area contributed by atoms with Gasteiger partial charge in [0, 0.05) is 24.2 Å². The summed E-state index contributed by atoms with van der Waals surface area (Å²) in [6.45, 7) is 1.73. The molecule has 1 amide bonds. The van der Waals surface area contributed by atoms with Crippen LogP contribution in [0.15, 0.2) is 39.7 Å². The van der Waals surface area contributed by atoms with E-state index in [9.17, 15) is 9.59 Å². The average Bonchev–Trinajstić information content (AvgIpc) is 3.31. The Balaban J connectivity index is 1.64. The topological polar surface area (TPSA) is 106 Å². The van der Waals surface area contributed by atoms with E-state index in [4.69, 9.17) is 4.42 Å². The highest BCUT2D eigenvalue weighted by atomic mass is 16.3. The van der Waals surface area contributed by atoms with E-state index in [0.717, 1.165) is 12.8 Å². The Morgan fingerprint density at radius 2 is 2.14 bits per heavy atom. The Bertz CT molecular complexity index is 1010. The maximum absolute atomic E-state index is 12.6. The van der Waals surface area contributed by atoms with Crippen molar-refractivity contribution in [3.8, 4) is 17.4 Å². The molecule has 3 aromatic rings. The lowest BCUT2D eigenvalue weighted by atomic mass is 9.87. The Morgan fingerprint density at radius 3 is 2.86 bits per heavy atom.